The average molecular weight is 403 g/mol. The van der Waals surface area contributed by atoms with Gasteiger partial charge in [-0.1, -0.05) is 18.2 Å². The number of hydrogen-bond donors (Lipinski definition) is 1. The summed E-state index contributed by atoms with van der Waals surface area (Å²) in [5, 5.41) is 10.0. The Balaban J connectivity index is 1.51. The van der Waals surface area contributed by atoms with E-state index in [0.29, 0.717) is 11.4 Å². The first kappa shape index (κ1) is 19.2. The topological polar surface area (TPSA) is 98.2 Å². The Bertz CT molecular complexity index is 1000. The van der Waals surface area contributed by atoms with Gasteiger partial charge in [0.1, 0.15) is 12.3 Å². The highest BCUT2D eigenvalue weighted by Crippen LogP contribution is 2.22. The second-order valence-corrected chi connectivity index (χ2v) is 8.28. The smallest absolute Gasteiger partial charge is 0.240 e. The van der Waals surface area contributed by atoms with Crippen molar-refractivity contribution in [2.45, 2.75) is 11.8 Å². The zero-order valence-corrected chi connectivity index (χ0v) is 16.1. The van der Waals surface area contributed by atoms with Crippen molar-refractivity contribution in [1.29, 1.82) is 0 Å². The van der Waals surface area contributed by atoms with Crippen LogP contribution in [0.4, 0.5) is 0 Å². The Kier molecular flexibility index (Phi) is 5.94. The summed E-state index contributed by atoms with van der Waals surface area (Å²) in [5.41, 5.74) is 1.22. The number of ketones is 1. The molecule has 27 heavy (non-hydrogen) atoms. The standard InChI is InChI=1S/C18H17N3O4S2/c1-13(22)14-4-6-15(7-5-14)27(23,24)19-10-11-25-18-9-8-16(20-21-18)17-3-2-12-26-17/h2-9,12,19H,10-11H2,1H3. The van der Waals surface area contributed by atoms with E-state index in [1.165, 1.54) is 31.2 Å². The number of carbonyl (C=O) groups is 1. The number of aromatic nitrogens is 2. The van der Waals surface area contributed by atoms with Gasteiger partial charge in [-0.2, -0.15) is 0 Å². The highest BCUT2D eigenvalue weighted by Gasteiger charge is 2.14. The minimum atomic E-state index is -3.67. The van der Waals surface area contributed by atoms with E-state index in [1.54, 1.807) is 23.5 Å². The number of carbonyl (C=O) groups excluding carboxylic acids is 1. The van der Waals surface area contributed by atoms with E-state index in [9.17, 15) is 13.2 Å². The molecule has 0 aliphatic carbocycles. The molecule has 3 rings (SSSR count). The number of nitrogens with zero attached hydrogens (tertiary/aromatic N) is 2. The quantitative estimate of drug-likeness (QED) is 0.459. The van der Waals surface area contributed by atoms with Gasteiger partial charge in [0.15, 0.2) is 5.78 Å². The number of hydrogen-bond acceptors (Lipinski definition) is 7. The molecule has 3 aromatic rings. The van der Waals surface area contributed by atoms with Gasteiger partial charge in [0.25, 0.3) is 0 Å². The van der Waals surface area contributed by atoms with Crippen LogP contribution in [0.2, 0.25) is 0 Å². The minimum absolute atomic E-state index is 0.0746. The third-order valence-electron chi connectivity index (χ3n) is 3.63. The maximum Gasteiger partial charge on any atom is 0.240 e. The molecule has 0 amide bonds. The molecule has 0 atom stereocenters. The van der Waals surface area contributed by atoms with Crippen LogP contribution in [0.3, 0.4) is 0 Å². The largest absolute Gasteiger partial charge is 0.475 e. The number of ether oxygens (including phenoxy) is 1. The summed E-state index contributed by atoms with van der Waals surface area (Å²) >= 11 is 1.57. The van der Waals surface area contributed by atoms with E-state index in [1.807, 2.05) is 17.5 Å². The summed E-state index contributed by atoms with van der Waals surface area (Å²) in [4.78, 5) is 12.3. The summed E-state index contributed by atoms with van der Waals surface area (Å²) in [6, 6.07) is 13.1. The number of benzene rings is 1. The minimum Gasteiger partial charge on any atom is -0.475 e. The second kappa shape index (κ2) is 8.38. The number of nitrogens with one attached hydrogen (secondary N) is 1. The van der Waals surface area contributed by atoms with Gasteiger partial charge in [-0.3, -0.25) is 4.79 Å². The molecule has 2 aromatic heterocycles. The molecule has 2 heterocycles. The van der Waals surface area contributed by atoms with Gasteiger partial charge >= 0.3 is 0 Å². The van der Waals surface area contributed by atoms with Gasteiger partial charge < -0.3 is 4.74 Å². The molecule has 0 bridgehead atoms. The van der Waals surface area contributed by atoms with Gasteiger partial charge in [0.2, 0.25) is 15.9 Å². The van der Waals surface area contributed by atoms with Crippen LogP contribution in [0.15, 0.2) is 58.8 Å². The Labute approximate surface area is 161 Å². The second-order valence-electron chi connectivity index (χ2n) is 5.56. The molecule has 0 aliphatic heterocycles. The lowest BCUT2D eigenvalue weighted by Gasteiger charge is -2.08. The van der Waals surface area contributed by atoms with Crippen molar-refractivity contribution in [3.63, 3.8) is 0 Å². The maximum absolute atomic E-state index is 12.2. The van der Waals surface area contributed by atoms with E-state index in [4.69, 9.17) is 4.74 Å². The van der Waals surface area contributed by atoms with Crippen LogP contribution in [0.1, 0.15) is 17.3 Å². The molecule has 0 radical (unpaired) electrons. The third kappa shape index (κ3) is 4.97. The van der Waals surface area contributed by atoms with Gasteiger partial charge in [-0.05, 0) is 36.6 Å². The molecular weight excluding hydrogens is 386 g/mol. The van der Waals surface area contributed by atoms with Crippen molar-refractivity contribution in [2.24, 2.45) is 0 Å². The van der Waals surface area contributed by atoms with Crippen molar-refractivity contribution in [1.82, 2.24) is 14.9 Å². The van der Waals surface area contributed by atoms with Crippen LogP contribution >= 0.6 is 11.3 Å². The summed E-state index contributed by atoms with van der Waals surface area (Å²) in [6.07, 6.45) is 0. The lowest BCUT2D eigenvalue weighted by Crippen LogP contribution is -2.28. The zero-order valence-electron chi connectivity index (χ0n) is 14.5. The molecule has 7 nitrogen and oxygen atoms in total. The molecule has 9 heteroatoms. The molecule has 0 aliphatic rings. The van der Waals surface area contributed by atoms with Gasteiger partial charge in [0, 0.05) is 18.2 Å². The highest BCUT2D eigenvalue weighted by atomic mass is 32.2. The van der Waals surface area contributed by atoms with Crippen LogP contribution in [-0.2, 0) is 10.0 Å². The fourth-order valence-electron chi connectivity index (χ4n) is 2.24. The molecule has 0 saturated heterocycles. The Morgan fingerprint density at radius 3 is 2.48 bits per heavy atom. The van der Waals surface area contributed by atoms with E-state index in [2.05, 4.69) is 14.9 Å². The Morgan fingerprint density at radius 2 is 1.89 bits per heavy atom. The fraction of sp³-hybridized carbons (Fsp3) is 0.167. The van der Waals surface area contributed by atoms with Gasteiger partial charge in [0.05, 0.1) is 9.77 Å². The third-order valence-corrected chi connectivity index (χ3v) is 6.00. The number of Topliss-reactive ketones (excluding diaryl/α,β-unsaturated/α-hetero) is 1. The molecule has 1 aromatic carbocycles. The van der Waals surface area contributed by atoms with Crippen LogP contribution in [0, 0.1) is 0 Å². The SMILES string of the molecule is CC(=O)c1ccc(S(=O)(=O)NCCOc2ccc(-c3cccs3)nn2)cc1. The highest BCUT2D eigenvalue weighted by molar-refractivity contribution is 7.89. The first-order valence-corrected chi connectivity index (χ1v) is 10.4. The summed E-state index contributed by atoms with van der Waals surface area (Å²) in [7, 11) is -3.67. The maximum atomic E-state index is 12.2. The summed E-state index contributed by atoms with van der Waals surface area (Å²) in [5.74, 6) is 0.201. The van der Waals surface area contributed by atoms with Crippen molar-refractivity contribution in [3.05, 3.63) is 59.5 Å². The monoisotopic (exact) mass is 403 g/mol. The predicted octanol–water partition coefficient (Wildman–Crippen LogP) is 2.77. The first-order chi connectivity index (χ1) is 13.0. The summed E-state index contributed by atoms with van der Waals surface area (Å²) < 4.78 is 32.3. The lowest BCUT2D eigenvalue weighted by molar-refractivity contribution is 0.101. The van der Waals surface area contributed by atoms with Crippen molar-refractivity contribution in [3.8, 4) is 16.5 Å². The van der Waals surface area contributed by atoms with Crippen molar-refractivity contribution >= 4 is 27.1 Å². The Morgan fingerprint density at radius 1 is 1.11 bits per heavy atom. The molecule has 0 fully saturated rings. The van der Waals surface area contributed by atoms with E-state index < -0.39 is 10.0 Å². The molecule has 0 spiro atoms. The normalized spacial score (nSPS) is 11.3. The molecular formula is C18H17N3O4S2. The van der Waals surface area contributed by atoms with Gasteiger partial charge in [-0.25, -0.2) is 13.1 Å². The average Bonchev–Trinajstić information content (AvgIpc) is 3.20. The van der Waals surface area contributed by atoms with Crippen molar-refractivity contribution < 1.29 is 17.9 Å². The van der Waals surface area contributed by atoms with Crippen LogP contribution in [0.25, 0.3) is 10.6 Å². The Hall–Kier alpha value is -2.62. The van der Waals surface area contributed by atoms with Crippen LogP contribution in [-0.4, -0.2) is 37.6 Å². The van der Waals surface area contributed by atoms with E-state index >= 15 is 0 Å². The lowest BCUT2D eigenvalue weighted by atomic mass is 10.2. The molecule has 140 valence electrons. The van der Waals surface area contributed by atoms with E-state index in [-0.39, 0.29) is 23.8 Å². The van der Waals surface area contributed by atoms with Crippen LogP contribution < -0.4 is 9.46 Å². The van der Waals surface area contributed by atoms with Gasteiger partial charge in [-0.15, -0.1) is 21.5 Å². The van der Waals surface area contributed by atoms with Crippen molar-refractivity contribution in [2.75, 3.05) is 13.2 Å². The predicted molar refractivity (Wildman–Crippen MR) is 102 cm³/mol. The van der Waals surface area contributed by atoms with Crippen LogP contribution in [0.5, 0.6) is 5.88 Å². The first-order valence-electron chi connectivity index (χ1n) is 8.07. The molecule has 0 unspecified atom stereocenters. The fourth-order valence-corrected chi connectivity index (χ4v) is 3.94. The number of rotatable bonds is 8. The molecule has 1 N–H and O–H groups in total. The van der Waals surface area contributed by atoms with E-state index in [0.717, 1.165) is 10.6 Å². The number of thiophene rings is 1. The zero-order chi connectivity index (χ0) is 19.3. The summed E-state index contributed by atoms with van der Waals surface area (Å²) in [6.45, 7) is 1.61. The number of sulfonamides is 1. The molecule has 0 saturated carbocycles.